The molecule has 2 amide bonds. The number of urea groups is 1. The third kappa shape index (κ3) is 2.83. The van der Waals surface area contributed by atoms with Crippen LogP contribution in [0.4, 0.5) is 4.79 Å². The zero-order valence-electron chi connectivity index (χ0n) is 12.2. The molecule has 0 spiro atoms. The zero-order valence-corrected chi connectivity index (χ0v) is 12.9. The summed E-state index contributed by atoms with van der Waals surface area (Å²) in [5.74, 6) is 0. The van der Waals surface area contributed by atoms with E-state index in [9.17, 15) is 4.79 Å². The molecule has 5 heteroatoms. The molecule has 112 valence electrons. The van der Waals surface area contributed by atoms with Gasteiger partial charge < -0.3 is 5.73 Å². The Hall–Kier alpha value is -2.33. The van der Waals surface area contributed by atoms with Crippen molar-refractivity contribution in [2.24, 2.45) is 10.8 Å². The Bertz CT molecular complexity index is 723. The van der Waals surface area contributed by atoms with E-state index in [0.29, 0.717) is 11.4 Å². The van der Waals surface area contributed by atoms with E-state index in [2.05, 4.69) is 5.10 Å². The SMILES string of the molecule is Cc1ccc(C2=NN(C(N)=O)[C@@H](c3ccc(Cl)cc3)C2)cc1. The van der Waals surface area contributed by atoms with Crippen molar-refractivity contribution in [2.75, 3.05) is 0 Å². The van der Waals surface area contributed by atoms with E-state index < -0.39 is 6.03 Å². The summed E-state index contributed by atoms with van der Waals surface area (Å²) in [4.78, 5) is 11.7. The molecule has 1 aliphatic heterocycles. The highest BCUT2D eigenvalue weighted by Crippen LogP contribution is 2.32. The van der Waals surface area contributed by atoms with Crippen molar-refractivity contribution in [3.05, 3.63) is 70.2 Å². The molecule has 1 heterocycles. The van der Waals surface area contributed by atoms with Crippen LogP contribution < -0.4 is 5.73 Å². The summed E-state index contributed by atoms with van der Waals surface area (Å²) >= 11 is 5.92. The van der Waals surface area contributed by atoms with Crippen molar-refractivity contribution in [3.63, 3.8) is 0 Å². The number of hydrogen-bond donors (Lipinski definition) is 1. The number of primary amides is 1. The Morgan fingerprint density at radius 3 is 2.41 bits per heavy atom. The molecule has 0 radical (unpaired) electrons. The third-order valence-corrected chi connectivity index (χ3v) is 4.03. The lowest BCUT2D eigenvalue weighted by atomic mass is 9.98. The molecule has 0 bridgehead atoms. The minimum Gasteiger partial charge on any atom is -0.350 e. The molecule has 4 nitrogen and oxygen atoms in total. The maximum absolute atomic E-state index is 11.7. The number of hydrogen-bond acceptors (Lipinski definition) is 2. The Labute approximate surface area is 134 Å². The number of aryl methyl sites for hydroxylation is 1. The first-order valence-corrected chi connectivity index (χ1v) is 7.41. The predicted molar refractivity (Wildman–Crippen MR) is 87.9 cm³/mol. The van der Waals surface area contributed by atoms with Crippen molar-refractivity contribution in [1.82, 2.24) is 5.01 Å². The van der Waals surface area contributed by atoms with E-state index in [1.54, 1.807) is 12.1 Å². The summed E-state index contributed by atoms with van der Waals surface area (Å²) in [5.41, 5.74) is 9.49. The highest BCUT2D eigenvalue weighted by molar-refractivity contribution is 6.30. The van der Waals surface area contributed by atoms with E-state index in [4.69, 9.17) is 17.3 Å². The molecule has 2 aromatic carbocycles. The van der Waals surface area contributed by atoms with E-state index in [1.807, 2.05) is 43.3 Å². The van der Waals surface area contributed by atoms with Gasteiger partial charge in [-0.2, -0.15) is 5.10 Å². The number of hydrazone groups is 1. The molecule has 2 N–H and O–H groups in total. The number of benzene rings is 2. The predicted octanol–water partition coefficient (Wildman–Crippen LogP) is 3.88. The van der Waals surface area contributed by atoms with Crippen LogP contribution in [-0.4, -0.2) is 16.8 Å². The van der Waals surface area contributed by atoms with Crippen LogP contribution in [0.25, 0.3) is 0 Å². The van der Waals surface area contributed by atoms with Crippen molar-refractivity contribution in [1.29, 1.82) is 0 Å². The maximum atomic E-state index is 11.7. The van der Waals surface area contributed by atoms with Crippen molar-refractivity contribution in [3.8, 4) is 0 Å². The summed E-state index contributed by atoms with van der Waals surface area (Å²) in [6.07, 6.45) is 0.633. The van der Waals surface area contributed by atoms with E-state index >= 15 is 0 Å². The topological polar surface area (TPSA) is 58.7 Å². The van der Waals surface area contributed by atoms with Crippen LogP contribution in [0.1, 0.15) is 29.2 Å². The molecular formula is C17H16ClN3O. The summed E-state index contributed by atoms with van der Waals surface area (Å²) in [5, 5.41) is 6.42. The molecule has 0 aromatic heterocycles. The molecule has 0 saturated carbocycles. The van der Waals surface area contributed by atoms with Gasteiger partial charge in [0.05, 0.1) is 11.8 Å². The average Bonchev–Trinajstić information content (AvgIpc) is 2.94. The average molecular weight is 314 g/mol. The zero-order chi connectivity index (χ0) is 15.7. The molecule has 0 fully saturated rings. The monoisotopic (exact) mass is 313 g/mol. The smallest absolute Gasteiger partial charge is 0.335 e. The number of nitrogens with two attached hydrogens (primary N) is 1. The molecule has 0 aliphatic carbocycles. The molecule has 2 aromatic rings. The Kier molecular flexibility index (Phi) is 3.86. The van der Waals surface area contributed by atoms with Crippen LogP contribution in [0.2, 0.25) is 5.02 Å². The van der Waals surface area contributed by atoms with E-state index in [1.165, 1.54) is 10.6 Å². The second-order valence-corrected chi connectivity index (χ2v) is 5.80. The summed E-state index contributed by atoms with van der Waals surface area (Å²) in [6.45, 7) is 2.03. The molecule has 1 aliphatic rings. The van der Waals surface area contributed by atoms with Crippen LogP contribution in [0, 0.1) is 6.92 Å². The highest BCUT2D eigenvalue weighted by Gasteiger charge is 2.31. The van der Waals surface area contributed by atoms with Gasteiger partial charge in [-0.3, -0.25) is 0 Å². The van der Waals surface area contributed by atoms with Crippen molar-refractivity contribution in [2.45, 2.75) is 19.4 Å². The molecule has 3 rings (SSSR count). The van der Waals surface area contributed by atoms with Gasteiger partial charge in [-0.1, -0.05) is 53.6 Å². The van der Waals surface area contributed by atoms with Crippen LogP contribution in [0.15, 0.2) is 53.6 Å². The lowest BCUT2D eigenvalue weighted by Crippen LogP contribution is -2.31. The van der Waals surface area contributed by atoms with Crippen LogP contribution in [0.5, 0.6) is 0 Å². The third-order valence-electron chi connectivity index (χ3n) is 3.78. The van der Waals surface area contributed by atoms with Gasteiger partial charge in [0.25, 0.3) is 0 Å². The lowest BCUT2D eigenvalue weighted by Gasteiger charge is -2.19. The summed E-state index contributed by atoms with van der Waals surface area (Å²) < 4.78 is 0. The number of rotatable bonds is 2. The number of amides is 2. The first kappa shape index (κ1) is 14.6. The highest BCUT2D eigenvalue weighted by atomic mass is 35.5. The summed E-state index contributed by atoms with van der Waals surface area (Å²) in [6, 6.07) is 14.7. The Morgan fingerprint density at radius 1 is 1.18 bits per heavy atom. The maximum Gasteiger partial charge on any atom is 0.335 e. The minimum absolute atomic E-state index is 0.189. The normalized spacial score (nSPS) is 17.5. The quantitative estimate of drug-likeness (QED) is 0.898. The lowest BCUT2D eigenvalue weighted by molar-refractivity contribution is 0.196. The molecule has 0 unspecified atom stereocenters. The van der Waals surface area contributed by atoms with E-state index in [-0.39, 0.29) is 6.04 Å². The van der Waals surface area contributed by atoms with Crippen molar-refractivity contribution < 1.29 is 4.79 Å². The number of nitrogens with zero attached hydrogens (tertiary/aromatic N) is 2. The Morgan fingerprint density at radius 2 is 1.82 bits per heavy atom. The minimum atomic E-state index is -0.554. The van der Waals surface area contributed by atoms with Gasteiger partial charge in [-0.25, -0.2) is 9.80 Å². The van der Waals surface area contributed by atoms with Gasteiger partial charge in [0, 0.05) is 11.4 Å². The van der Waals surface area contributed by atoms with E-state index in [0.717, 1.165) is 16.8 Å². The number of carbonyl (C=O) groups is 1. The van der Waals surface area contributed by atoms with Crippen molar-refractivity contribution >= 4 is 23.3 Å². The van der Waals surface area contributed by atoms with Gasteiger partial charge in [0.2, 0.25) is 0 Å². The largest absolute Gasteiger partial charge is 0.350 e. The Balaban J connectivity index is 1.92. The molecule has 22 heavy (non-hydrogen) atoms. The van der Waals surface area contributed by atoms with Crippen LogP contribution in [-0.2, 0) is 0 Å². The standard InChI is InChI=1S/C17H16ClN3O/c1-11-2-4-12(5-3-11)15-10-16(21(20-15)17(19)22)13-6-8-14(18)9-7-13/h2-9,16H,10H2,1H3,(H2,19,22)/t16-/m1/s1. The van der Waals surface area contributed by atoms with Gasteiger partial charge in [-0.05, 0) is 30.2 Å². The molecule has 1 atom stereocenters. The van der Waals surface area contributed by atoms with Gasteiger partial charge >= 0.3 is 6.03 Å². The number of carbonyl (C=O) groups excluding carboxylic acids is 1. The first-order valence-electron chi connectivity index (χ1n) is 7.03. The van der Waals surface area contributed by atoms with Gasteiger partial charge in [-0.15, -0.1) is 0 Å². The van der Waals surface area contributed by atoms with Gasteiger partial charge in [0.1, 0.15) is 0 Å². The first-order chi connectivity index (χ1) is 10.5. The van der Waals surface area contributed by atoms with Gasteiger partial charge in [0.15, 0.2) is 0 Å². The van der Waals surface area contributed by atoms with Crippen LogP contribution >= 0.6 is 11.6 Å². The number of halogens is 1. The fourth-order valence-electron chi connectivity index (χ4n) is 2.58. The molecular weight excluding hydrogens is 298 g/mol. The fraction of sp³-hybridized carbons (Fsp3) is 0.176. The molecule has 0 saturated heterocycles. The second kappa shape index (κ2) is 5.81. The fourth-order valence-corrected chi connectivity index (χ4v) is 2.70. The second-order valence-electron chi connectivity index (χ2n) is 5.37. The summed E-state index contributed by atoms with van der Waals surface area (Å²) in [7, 11) is 0. The van der Waals surface area contributed by atoms with Crippen LogP contribution in [0.3, 0.4) is 0 Å².